The summed E-state index contributed by atoms with van der Waals surface area (Å²) in [6.45, 7) is 0. The lowest BCUT2D eigenvalue weighted by atomic mass is 10.2. The highest BCUT2D eigenvalue weighted by Gasteiger charge is 2.04. The number of nitrogens with one attached hydrogen (secondary N) is 1. The van der Waals surface area contributed by atoms with Crippen molar-refractivity contribution in [3.63, 3.8) is 0 Å². The molecule has 1 N–H and O–H groups in total. The summed E-state index contributed by atoms with van der Waals surface area (Å²) < 4.78 is 0. The van der Waals surface area contributed by atoms with Gasteiger partial charge in [0.05, 0.1) is 11.9 Å². The van der Waals surface area contributed by atoms with Crippen LogP contribution in [0.15, 0.2) is 71.8 Å². The molecule has 2 aliphatic rings. The van der Waals surface area contributed by atoms with Crippen LogP contribution in [0.5, 0.6) is 0 Å². The van der Waals surface area contributed by atoms with Crippen LogP contribution in [0, 0.1) is 0 Å². The molecule has 0 atom stereocenters. The van der Waals surface area contributed by atoms with Crippen LogP contribution in [-0.2, 0) is 0 Å². The average Bonchev–Trinajstić information content (AvgIpc) is 2.70. The van der Waals surface area contributed by atoms with E-state index >= 15 is 0 Å². The van der Waals surface area contributed by atoms with Gasteiger partial charge in [-0.05, 0) is 17.7 Å². The Morgan fingerprint density at radius 3 is 2.47 bits per heavy atom. The minimum atomic E-state index is 0.758. The summed E-state index contributed by atoms with van der Waals surface area (Å²) in [5, 5.41) is 4.19. The van der Waals surface area contributed by atoms with Crippen molar-refractivity contribution in [2.45, 2.75) is 0 Å². The smallest absolute Gasteiger partial charge is 0.147 e. The van der Waals surface area contributed by atoms with E-state index < -0.39 is 0 Å². The molecule has 92 valence electrons. The molecule has 0 radical (unpaired) electrons. The van der Waals surface area contributed by atoms with E-state index in [4.69, 9.17) is 0 Å². The monoisotopic (exact) mass is 247 g/mol. The quantitative estimate of drug-likeness (QED) is 0.567. The molecular weight excluding hydrogens is 234 g/mol. The van der Waals surface area contributed by atoms with E-state index in [2.05, 4.69) is 15.5 Å². The fraction of sp³-hybridized carbons (Fsp3) is 0. The lowest BCUT2D eigenvalue weighted by Gasteiger charge is -1.93. The van der Waals surface area contributed by atoms with Gasteiger partial charge in [-0.2, -0.15) is 5.10 Å². The highest BCUT2D eigenvalue weighted by molar-refractivity contribution is 5.80. The van der Waals surface area contributed by atoms with Crippen LogP contribution < -0.4 is 5.43 Å². The van der Waals surface area contributed by atoms with Crippen LogP contribution in [0.3, 0.4) is 0 Å². The van der Waals surface area contributed by atoms with Crippen molar-refractivity contribution < 1.29 is 0 Å². The molecule has 3 nitrogen and oxygen atoms in total. The van der Waals surface area contributed by atoms with Gasteiger partial charge in [0.2, 0.25) is 0 Å². The van der Waals surface area contributed by atoms with Gasteiger partial charge >= 0.3 is 0 Å². The molecule has 0 saturated carbocycles. The fourth-order valence-electron chi connectivity index (χ4n) is 1.85. The van der Waals surface area contributed by atoms with Crippen molar-refractivity contribution in [3.8, 4) is 11.3 Å². The van der Waals surface area contributed by atoms with Gasteiger partial charge in [0.15, 0.2) is 0 Å². The second-order valence-corrected chi connectivity index (χ2v) is 4.17. The van der Waals surface area contributed by atoms with Crippen LogP contribution in [0.4, 0.5) is 5.82 Å². The first-order valence-corrected chi connectivity index (χ1v) is 6.12. The Kier molecular flexibility index (Phi) is 3.19. The maximum atomic E-state index is 4.46. The standard InChI is InChI=1S/C16H13N3/c1-3-7-13(8-4-1)12-17-19-16-11-14-9-5-2-6-10-15(14)18-16/h1-12H,(H,18,19)/b17-12+. The molecule has 19 heavy (non-hydrogen) atoms. The summed E-state index contributed by atoms with van der Waals surface area (Å²) in [6.07, 6.45) is 1.78. The molecule has 0 unspecified atom stereocenters. The first-order chi connectivity index (χ1) is 9.42. The van der Waals surface area contributed by atoms with Crippen molar-refractivity contribution in [3.05, 3.63) is 72.3 Å². The number of hydrazone groups is 1. The third kappa shape index (κ3) is 2.77. The lowest BCUT2D eigenvalue weighted by molar-refractivity contribution is 1.27. The zero-order valence-electron chi connectivity index (χ0n) is 10.3. The summed E-state index contributed by atoms with van der Waals surface area (Å²) >= 11 is 0. The number of anilines is 1. The average molecular weight is 247 g/mol. The Bertz CT molecular complexity index is 631. The first-order valence-electron chi connectivity index (χ1n) is 6.12. The number of fused-ring (bicyclic) bond motifs is 1. The van der Waals surface area contributed by atoms with Gasteiger partial charge in [-0.25, -0.2) is 4.98 Å². The Morgan fingerprint density at radius 1 is 0.895 bits per heavy atom. The second kappa shape index (κ2) is 5.31. The third-order valence-electron chi connectivity index (χ3n) is 2.77. The predicted molar refractivity (Wildman–Crippen MR) is 78.5 cm³/mol. The van der Waals surface area contributed by atoms with E-state index in [0.717, 1.165) is 22.6 Å². The predicted octanol–water partition coefficient (Wildman–Crippen LogP) is 3.63. The second-order valence-electron chi connectivity index (χ2n) is 4.17. The number of aromatic nitrogens is 1. The van der Waals surface area contributed by atoms with Gasteiger partial charge in [-0.3, -0.25) is 5.43 Å². The normalized spacial score (nSPS) is 10.9. The first kappa shape index (κ1) is 11.4. The van der Waals surface area contributed by atoms with Gasteiger partial charge in [0.25, 0.3) is 0 Å². The molecule has 0 fully saturated rings. The zero-order chi connectivity index (χ0) is 12.9. The third-order valence-corrected chi connectivity index (χ3v) is 2.77. The molecule has 3 heteroatoms. The van der Waals surface area contributed by atoms with Crippen LogP contribution in [-0.4, -0.2) is 11.2 Å². The van der Waals surface area contributed by atoms with Gasteiger partial charge in [-0.1, -0.05) is 54.6 Å². The molecule has 0 aromatic heterocycles. The minimum absolute atomic E-state index is 0.758. The van der Waals surface area contributed by atoms with E-state index in [-0.39, 0.29) is 0 Å². The molecule has 0 saturated heterocycles. The van der Waals surface area contributed by atoms with Crippen LogP contribution in [0.1, 0.15) is 5.56 Å². The van der Waals surface area contributed by atoms with Gasteiger partial charge in [0, 0.05) is 5.56 Å². The molecule has 0 spiro atoms. The van der Waals surface area contributed by atoms with E-state index in [9.17, 15) is 0 Å². The molecule has 1 heterocycles. The van der Waals surface area contributed by atoms with Crippen molar-refractivity contribution in [1.82, 2.24) is 4.98 Å². The SMILES string of the molecule is C(=N\Nc1cc2cccccc-2n1)/c1ccccc1. The van der Waals surface area contributed by atoms with Crippen LogP contribution in [0.25, 0.3) is 11.3 Å². The van der Waals surface area contributed by atoms with E-state index in [0.29, 0.717) is 0 Å². The molecule has 0 amide bonds. The number of benzene rings is 1. The van der Waals surface area contributed by atoms with Gasteiger partial charge < -0.3 is 0 Å². The summed E-state index contributed by atoms with van der Waals surface area (Å²) in [5.74, 6) is 0.758. The van der Waals surface area contributed by atoms with E-state index in [1.165, 1.54) is 0 Å². The topological polar surface area (TPSA) is 37.3 Å². The highest BCUT2D eigenvalue weighted by Crippen LogP contribution is 2.23. The number of rotatable bonds is 3. The maximum absolute atomic E-state index is 4.46. The molecule has 1 aliphatic carbocycles. The van der Waals surface area contributed by atoms with Crippen molar-refractivity contribution in [2.24, 2.45) is 5.10 Å². The summed E-state index contributed by atoms with van der Waals surface area (Å²) in [7, 11) is 0. The molecule has 1 aromatic rings. The van der Waals surface area contributed by atoms with Gasteiger partial charge in [0.1, 0.15) is 5.82 Å². The van der Waals surface area contributed by atoms with Gasteiger partial charge in [-0.15, -0.1) is 0 Å². The molecule has 3 rings (SSSR count). The van der Waals surface area contributed by atoms with Crippen molar-refractivity contribution in [2.75, 3.05) is 5.43 Å². The molecular formula is C16H13N3. The molecule has 0 bridgehead atoms. The van der Waals surface area contributed by atoms with E-state index in [1.54, 1.807) is 6.21 Å². The van der Waals surface area contributed by atoms with E-state index in [1.807, 2.05) is 66.7 Å². The summed E-state index contributed by atoms with van der Waals surface area (Å²) in [4.78, 5) is 4.46. The van der Waals surface area contributed by atoms with Crippen molar-refractivity contribution in [1.29, 1.82) is 0 Å². The van der Waals surface area contributed by atoms with Crippen LogP contribution in [0.2, 0.25) is 0 Å². The molecule has 1 aromatic carbocycles. The Balaban J connectivity index is 1.76. The minimum Gasteiger partial charge on any atom is -0.261 e. The largest absolute Gasteiger partial charge is 0.261 e. The summed E-state index contributed by atoms with van der Waals surface area (Å²) in [5.41, 5.74) is 6.06. The number of hydrogen-bond acceptors (Lipinski definition) is 3. The number of nitrogens with zero attached hydrogens (tertiary/aromatic N) is 2. The number of hydrogen-bond donors (Lipinski definition) is 1. The Hall–Kier alpha value is -2.68. The summed E-state index contributed by atoms with van der Waals surface area (Å²) in [6, 6.07) is 21.9. The molecule has 1 aliphatic heterocycles. The van der Waals surface area contributed by atoms with Crippen LogP contribution >= 0.6 is 0 Å². The zero-order valence-corrected chi connectivity index (χ0v) is 10.3. The highest BCUT2D eigenvalue weighted by atomic mass is 15.3. The fourth-order valence-corrected chi connectivity index (χ4v) is 1.85. The maximum Gasteiger partial charge on any atom is 0.147 e. The Morgan fingerprint density at radius 2 is 1.63 bits per heavy atom. The lowest BCUT2D eigenvalue weighted by Crippen LogP contribution is -1.89. The Labute approximate surface area is 112 Å². The van der Waals surface area contributed by atoms with Crippen molar-refractivity contribution >= 4 is 12.0 Å².